The van der Waals surface area contributed by atoms with Crippen LogP contribution in [0.1, 0.15) is 278 Å². The molecule has 1 atom stereocenters. The molecule has 5 heteroatoms. The molecule has 0 heterocycles. The average molecular weight is 869 g/mol. The van der Waals surface area contributed by atoms with Gasteiger partial charge in [0.2, 0.25) is 0 Å². The van der Waals surface area contributed by atoms with E-state index in [2.05, 4.69) is 69.4 Å². The van der Waals surface area contributed by atoms with Crippen LogP contribution in [0.15, 0.2) is 48.6 Å². The third-order valence-electron chi connectivity index (χ3n) is 11.8. The highest BCUT2D eigenvalue weighted by molar-refractivity contribution is 5.70. The maximum absolute atomic E-state index is 12.8. The first-order valence-corrected chi connectivity index (χ1v) is 27.2. The van der Waals surface area contributed by atoms with Crippen LogP contribution >= 0.6 is 0 Å². The van der Waals surface area contributed by atoms with Crippen LogP contribution in [-0.4, -0.2) is 37.9 Å². The highest BCUT2D eigenvalue weighted by atomic mass is 16.6. The molecule has 0 amide bonds. The first-order valence-electron chi connectivity index (χ1n) is 27.2. The van der Waals surface area contributed by atoms with Crippen molar-refractivity contribution in [3.8, 4) is 0 Å². The third-order valence-corrected chi connectivity index (χ3v) is 11.8. The molecule has 0 radical (unpaired) electrons. The topological polar surface area (TPSA) is 61.8 Å². The Kier molecular flexibility index (Phi) is 51.4. The molecule has 0 aromatic rings. The summed E-state index contributed by atoms with van der Waals surface area (Å²) in [4.78, 5) is 25.4. The SMILES string of the molecule is CCCCC/C=C\C/C=C\CCCCCCCCCC(=O)OCC(COCCCCCCCCCCCCCC)OC(=O)CCCCCCCCC/C=C\C/C=C\CCCCC. The van der Waals surface area contributed by atoms with E-state index in [9.17, 15) is 9.59 Å². The molecule has 0 N–H and O–H groups in total. The summed E-state index contributed by atoms with van der Waals surface area (Å²) >= 11 is 0. The molecule has 0 rings (SSSR count). The highest BCUT2D eigenvalue weighted by Crippen LogP contribution is 2.15. The fourth-order valence-electron chi connectivity index (χ4n) is 7.75. The molecular formula is C57H104O5. The largest absolute Gasteiger partial charge is 0.462 e. The molecular weight excluding hydrogens is 765 g/mol. The molecule has 362 valence electrons. The van der Waals surface area contributed by atoms with E-state index in [1.807, 2.05) is 0 Å². The normalized spacial score (nSPS) is 12.5. The van der Waals surface area contributed by atoms with E-state index >= 15 is 0 Å². The van der Waals surface area contributed by atoms with Gasteiger partial charge in [0.1, 0.15) is 6.61 Å². The maximum Gasteiger partial charge on any atom is 0.306 e. The lowest BCUT2D eigenvalue weighted by molar-refractivity contribution is -0.163. The van der Waals surface area contributed by atoms with E-state index in [4.69, 9.17) is 14.2 Å². The Morgan fingerprint density at radius 3 is 1.10 bits per heavy atom. The number of carbonyl (C=O) groups is 2. The molecule has 0 aromatic carbocycles. The lowest BCUT2D eigenvalue weighted by Gasteiger charge is -2.18. The minimum atomic E-state index is -0.540. The summed E-state index contributed by atoms with van der Waals surface area (Å²) in [6.45, 7) is 7.80. The Labute approximate surface area is 386 Å². The average Bonchev–Trinajstić information content (AvgIpc) is 3.27. The molecule has 62 heavy (non-hydrogen) atoms. The molecule has 0 spiro atoms. The number of allylic oxidation sites excluding steroid dienone is 8. The molecule has 0 aliphatic heterocycles. The minimum absolute atomic E-state index is 0.0810. The Morgan fingerprint density at radius 1 is 0.355 bits per heavy atom. The first kappa shape index (κ1) is 59.9. The zero-order valence-electron chi connectivity index (χ0n) is 41.6. The van der Waals surface area contributed by atoms with Gasteiger partial charge in [-0.2, -0.15) is 0 Å². The Morgan fingerprint density at radius 2 is 0.677 bits per heavy atom. The summed E-state index contributed by atoms with van der Waals surface area (Å²) in [6, 6.07) is 0. The molecule has 0 aromatic heterocycles. The lowest BCUT2D eigenvalue weighted by atomic mass is 10.1. The van der Waals surface area contributed by atoms with E-state index in [1.165, 1.54) is 186 Å². The van der Waals surface area contributed by atoms with Gasteiger partial charge in [-0.15, -0.1) is 0 Å². The molecule has 0 bridgehead atoms. The second-order valence-corrected chi connectivity index (χ2v) is 18.1. The van der Waals surface area contributed by atoms with Gasteiger partial charge in [-0.25, -0.2) is 0 Å². The van der Waals surface area contributed by atoms with E-state index in [0.29, 0.717) is 19.4 Å². The van der Waals surface area contributed by atoms with Crippen LogP contribution in [0.2, 0.25) is 0 Å². The quantitative estimate of drug-likeness (QED) is 0.0346. The van der Waals surface area contributed by atoms with Gasteiger partial charge in [0.25, 0.3) is 0 Å². The lowest BCUT2D eigenvalue weighted by Crippen LogP contribution is -2.30. The molecule has 5 nitrogen and oxygen atoms in total. The van der Waals surface area contributed by atoms with Crippen molar-refractivity contribution >= 4 is 11.9 Å². The molecule has 1 unspecified atom stereocenters. The molecule has 0 fully saturated rings. The Hall–Kier alpha value is -2.14. The van der Waals surface area contributed by atoms with Crippen LogP contribution in [0.25, 0.3) is 0 Å². The van der Waals surface area contributed by atoms with Gasteiger partial charge >= 0.3 is 11.9 Å². The van der Waals surface area contributed by atoms with Gasteiger partial charge in [-0.05, 0) is 83.5 Å². The predicted molar refractivity (Wildman–Crippen MR) is 270 cm³/mol. The van der Waals surface area contributed by atoms with E-state index < -0.39 is 6.10 Å². The van der Waals surface area contributed by atoms with Crippen LogP contribution in [0.5, 0.6) is 0 Å². The van der Waals surface area contributed by atoms with E-state index in [1.54, 1.807) is 0 Å². The van der Waals surface area contributed by atoms with Gasteiger partial charge in [-0.3, -0.25) is 9.59 Å². The number of esters is 2. The molecule has 0 saturated heterocycles. The number of rotatable bonds is 50. The second-order valence-electron chi connectivity index (χ2n) is 18.1. The summed E-state index contributed by atoms with van der Waals surface area (Å²) < 4.78 is 17.4. The number of unbranched alkanes of at least 4 members (excludes halogenated alkanes) is 31. The summed E-state index contributed by atoms with van der Waals surface area (Å²) in [6.07, 6.45) is 65.4. The second kappa shape index (κ2) is 53.2. The van der Waals surface area contributed by atoms with Crippen LogP contribution in [0.4, 0.5) is 0 Å². The van der Waals surface area contributed by atoms with Crippen molar-refractivity contribution in [2.45, 2.75) is 284 Å². The van der Waals surface area contributed by atoms with Gasteiger partial charge in [-0.1, -0.05) is 230 Å². The minimum Gasteiger partial charge on any atom is -0.462 e. The van der Waals surface area contributed by atoms with Crippen LogP contribution in [-0.2, 0) is 23.8 Å². The standard InChI is InChI=1S/C57H104O5/c1-4-7-10-13-16-19-22-25-27-29-31-33-35-38-41-44-47-50-56(58)61-54-55(53-60-52-49-46-43-40-37-24-21-18-15-12-9-6-3)62-57(59)51-48-45-42-39-36-34-32-30-28-26-23-20-17-14-11-8-5-2/h16-17,19-20,25-28,55H,4-15,18,21-24,29-54H2,1-3H3/b19-16-,20-17-,27-25-,28-26-. The van der Waals surface area contributed by atoms with Gasteiger partial charge in [0.05, 0.1) is 6.61 Å². The highest BCUT2D eigenvalue weighted by Gasteiger charge is 2.17. The molecule has 0 aliphatic carbocycles. The summed E-state index contributed by atoms with van der Waals surface area (Å²) in [5.74, 6) is -0.403. The van der Waals surface area contributed by atoms with Crippen LogP contribution < -0.4 is 0 Å². The number of ether oxygens (including phenoxy) is 3. The Balaban J connectivity index is 4.25. The fourth-order valence-corrected chi connectivity index (χ4v) is 7.75. The van der Waals surface area contributed by atoms with Crippen molar-refractivity contribution in [3.63, 3.8) is 0 Å². The van der Waals surface area contributed by atoms with Crippen molar-refractivity contribution in [2.75, 3.05) is 19.8 Å². The van der Waals surface area contributed by atoms with E-state index in [0.717, 1.165) is 57.8 Å². The van der Waals surface area contributed by atoms with Gasteiger partial charge < -0.3 is 14.2 Å². The van der Waals surface area contributed by atoms with Crippen LogP contribution in [0, 0.1) is 0 Å². The maximum atomic E-state index is 12.8. The summed E-state index contributed by atoms with van der Waals surface area (Å²) in [5.41, 5.74) is 0. The molecule has 0 aliphatic rings. The fraction of sp³-hybridized carbons (Fsp3) is 0.825. The Bertz CT molecular complexity index is 1030. The van der Waals surface area contributed by atoms with Gasteiger partial charge in [0.15, 0.2) is 6.10 Å². The van der Waals surface area contributed by atoms with Crippen molar-refractivity contribution in [1.29, 1.82) is 0 Å². The van der Waals surface area contributed by atoms with Crippen LogP contribution in [0.3, 0.4) is 0 Å². The number of carbonyl (C=O) groups excluding carboxylic acids is 2. The monoisotopic (exact) mass is 869 g/mol. The zero-order chi connectivity index (χ0) is 44.9. The van der Waals surface area contributed by atoms with Crippen molar-refractivity contribution < 1.29 is 23.8 Å². The number of hydrogen-bond donors (Lipinski definition) is 0. The molecule has 0 saturated carbocycles. The van der Waals surface area contributed by atoms with Gasteiger partial charge in [0, 0.05) is 19.4 Å². The zero-order valence-corrected chi connectivity index (χ0v) is 41.6. The number of hydrogen-bond acceptors (Lipinski definition) is 5. The summed E-state index contributed by atoms with van der Waals surface area (Å²) in [7, 11) is 0. The smallest absolute Gasteiger partial charge is 0.306 e. The van der Waals surface area contributed by atoms with Crippen molar-refractivity contribution in [3.05, 3.63) is 48.6 Å². The first-order chi connectivity index (χ1) is 30.6. The summed E-state index contributed by atoms with van der Waals surface area (Å²) in [5, 5.41) is 0. The third kappa shape index (κ3) is 50.5. The predicted octanol–water partition coefficient (Wildman–Crippen LogP) is 18.3. The van der Waals surface area contributed by atoms with Crippen molar-refractivity contribution in [1.82, 2.24) is 0 Å². The van der Waals surface area contributed by atoms with E-state index in [-0.39, 0.29) is 25.2 Å². The van der Waals surface area contributed by atoms with Crippen molar-refractivity contribution in [2.24, 2.45) is 0 Å².